The molecule has 0 aliphatic carbocycles. The molecule has 116 valence electrons. The van der Waals surface area contributed by atoms with E-state index in [-0.39, 0.29) is 6.04 Å². The van der Waals surface area contributed by atoms with Crippen LogP contribution in [0.15, 0.2) is 34.7 Å². The van der Waals surface area contributed by atoms with Crippen molar-refractivity contribution in [3.63, 3.8) is 0 Å². The Morgan fingerprint density at radius 3 is 2.38 bits per heavy atom. The van der Waals surface area contributed by atoms with Gasteiger partial charge in [-0.15, -0.1) is 0 Å². The van der Waals surface area contributed by atoms with Gasteiger partial charge in [0, 0.05) is 39.2 Å². The number of rotatable bonds is 9. The standard InChI is InChI=1S/C16H24N2O3/c1-19-9-7-18(8-10-20-2)14(12-17)16-11-13-5-3-4-6-15(13)21-16/h3-6,11,14H,7-10,12,17H2,1-2H3. The van der Waals surface area contributed by atoms with Crippen LogP contribution in [0, 0.1) is 0 Å². The lowest BCUT2D eigenvalue weighted by Gasteiger charge is -2.29. The lowest BCUT2D eigenvalue weighted by Crippen LogP contribution is -2.38. The van der Waals surface area contributed by atoms with E-state index < -0.39 is 0 Å². The molecule has 0 aliphatic heterocycles. The number of nitrogens with two attached hydrogens (primary N) is 1. The first-order valence-electron chi connectivity index (χ1n) is 7.20. The Hall–Kier alpha value is -1.40. The summed E-state index contributed by atoms with van der Waals surface area (Å²) in [4.78, 5) is 2.24. The summed E-state index contributed by atoms with van der Waals surface area (Å²) < 4.78 is 16.3. The second-order valence-corrected chi connectivity index (χ2v) is 4.96. The highest BCUT2D eigenvalue weighted by Gasteiger charge is 2.22. The molecule has 21 heavy (non-hydrogen) atoms. The molecule has 1 aromatic carbocycles. The van der Waals surface area contributed by atoms with E-state index >= 15 is 0 Å². The topological polar surface area (TPSA) is 60.9 Å². The summed E-state index contributed by atoms with van der Waals surface area (Å²) in [5, 5.41) is 1.10. The molecule has 0 radical (unpaired) electrons. The molecule has 5 heteroatoms. The van der Waals surface area contributed by atoms with E-state index in [0.717, 1.165) is 29.8 Å². The van der Waals surface area contributed by atoms with Crippen LogP contribution in [0.4, 0.5) is 0 Å². The number of para-hydroxylation sites is 1. The molecule has 1 unspecified atom stereocenters. The summed E-state index contributed by atoms with van der Waals surface area (Å²) in [7, 11) is 3.40. The fourth-order valence-corrected chi connectivity index (χ4v) is 2.45. The van der Waals surface area contributed by atoms with E-state index in [1.807, 2.05) is 24.3 Å². The Labute approximate surface area is 125 Å². The number of ether oxygens (including phenoxy) is 2. The number of hydrogen-bond acceptors (Lipinski definition) is 5. The van der Waals surface area contributed by atoms with Gasteiger partial charge in [0.15, 0.2) is 0 Å². The van der Waals surface area contributed by atoms with Gasteiger partial charge in [-0.1, -0.05) is 18.2 Å². The lowest BCUT2D eigenvalue weighted by atomic mass is 10.1. The van der Waals surface area contributed by atoms with E-state index in [0.29, 0.717) is 19.8 Å². The van der Waals surface area contributed by atoms with Crippen LogP contribution in [-0.2, 0) is 9.47 Å². The predicted octanol–water partition coefficient (Wildman–Crippen LogP) is 2.03. The van der Waals surface area contributed by atoms with E-state index in [1.54, 1.807) is 14.2 Å². The van der Waals surface area contributed by atoms with Gasteiger partial charge < -0.3 is 19.6 Å². The lowest BCUT2D eigenvalue weighted by molar-refractivity contribution is 0.0829. The third kappa shape index (κ3) is 4.04. The fraction of sp³-hybridized carbons (Fsp3) is 0.500. The highest BCUT2D eigenvalue weighted by atomic mass is 16.5. The fourth-order valence-electron chi connectivity index (χ4n) is 2.45. The SMILES string of the molecule is COCCN(CCOC)C(CN)c1cc2ccccc2o1. The Morgan fingerprint density at radius 2 is 1.81 bits per heavy atom. The number of benzene rings is 1. The summed E-state index contributed by atoms with van der Waals surface area (Å²) in [6.45, 7) is 3.38. The molecule has 5 nitrogen and oxygen atoms in total. The largest absolute Gasteiger partial charge is 0.459 e. The normalized spacial score (nSPS) is 13.1. The molecule has 2 rings (SSSR count). The van der Waals surface area contributed by atoms with Crippen molar-refractivity contribution in [2.24, 2.45) is 5.73 Å². The molecule has 1 aromatic heterocycles. The number of nitrogens with zero attached hydrogens (tertiary/aromatic N) is 1. The molecule has 2 aromatic rings. The van der Waals surface area contributed by atoms with Gasteiger partial charge in [-0.05, 0) is 12.1 Å². The van der Waals surface area contributed by atoms with Gasteiger partial charge in [0.05, 0.1) is 19.3 Å². The molecule has 1 heterocycles. The number of methoxy groups -OCH3 is 2. The van der Waals surface area contributed by atoms with E-state index in [2.05, 4.69) is 11.0 Å². The Morgan fingerprint density at radius 1 is 1.14 bits per heavy atom. The molecule has 0 fully saturated rings. The zero-order valence-corrected chi connectivity index (χ0v) is 12.7. The second kappa shape index (κ2) is 8.14. The molecule has 0 saturated carbocycles. The van der Waals surface area contributed by atoms with Crippen LogP contribution in [0.1, 0.15) is 11.8 Å². The maximum absolute atomic E-state index is 5.99. The average Bonchev–Trinajstić information content (AvgIpc) is 2.93. The predicted molar refractivity (Wildman–Crippen MR) is 83.3 cm³/mol. The number of fused-ring (bicyclic) bond motifs is 1. The van der Waals surface area contributed by atoms with Gasteiger partial charge in [-0.3, -0.25) is 4.90 Å². The zero-order valence-electron chi connectivity index (χ0n) is 12.7. The minimum absolute atomic E-state index is 0.0303. The molecule has 0 saturated heterocycles. The van der Waals surface area contributed by atoms with Crippen molar-refractivity contribution >= 4 is 11.0 Å². The average molecular weight is 292 g/mol. The van der Waals surface area contributed by atoms with Gasteiger partial charge in [0.25, 0.3) is 0 Å². The van der Waals surface area contributed by atoms with Gasteiger partial charge in [0.1, 0.15) is 11.3 Å². The molecule has 1 atom stereocenters. The van der Waals surface area contributed by atoms with E-state index in [4.69, 9.17) is 19.6 Å². The maximum atomic E-state index is 5.99. The van der Waals surface area contributed by atoms with E-state index in [1.165, 1.54) is 0 Å². The summed E-state index contributed by atoms with van der Waals surface area (Å²) in [6, 6.07) is 10.1. The third-order valence-corrected chi connectivity index (χ3v) is 3.60. The highest BCUT2D eigenvalue weighted by Crippen LogP contribution is 2.26. The Bertz CT molecular complexity index is 500. The maximum Gasteiger partial charge on any atom is 0.134 e. The second-order valence-electron chi connectivity index (χ2n) is 4.96. The minimum Gasteiger partial charge on any atom is -0.459 e. The molecule has 0 amide bonds. The first kappa shape index (κ1) is 16.0. The smallest absolute Gasteiger partial charge is 0.134 e. The van der Waals surface area contributed by atoms with Crippen LogP contribution in [0.2, 0.25) is 0 Å². The molecular weight excluding hydrogens is 268 g/mol. The number of furan rings is 1. The zero-order chi connectivity index (χ0) is 15.1. The summed E-state index contributed by atoms with van der Waals surface area (Å²) in [5.41, 5.74) is 6.88. The van der Waals surface area contributed by atoms with Crippen LogP contribution in [0.25, 0.3) is 11.0 Å². The van der Waals surface area contributed by atoms with Crippen molar-refractivity contribution in [3.05, 3.63) is 36.1 Å². The highest BCUT2D eigenvalue weighted by molar-refractivity contribution is 5.77. The minimum atomic E-state index is 0.0303. The van der Waals surface area contributed by atoms with E-state index in [9.17, 15) is 0 Å². The van der Waals surface area contributed by atoms with Crippen molar-refractivity contribution in [2.45, 2.75) is 6.04 Å². The monoisotopic (exact) mass is 292 g/mol. The molecule has 2 N–H and O–H groups in total. The van der Waals surface area contributed by atoms with Crippen molar-refractivity contribution < 1.29 is 13.9 Å². The number of hydrogen-bond donors (Lipinski definition) is 1. The van der Waals surface area contributed by atoms with Crippen molar-refractivity contribution in [1.82, 2.24) is 4.90 Å². The van der Waals surface area contributed by atoms with Crippen LogP contribution < -0.4 is 5.73 Å². The quantitative estimate of drug-likeness (QED) is 0.766. The van der Waals surface area contributed by atoms with Gasteiger partial charge in [-0.2, -0.15) is 0 Å². The molecule has 0 aliphatic rings. The van der Waals surface area contributed by atoms with Crippen LogP contribution >= 0.6 is 0 Å². The van der Waals surface area contributed by atoms with Gasteiger partial charge >= 0.3 is 0 Å². The summed E-state index contributed by atoms with van der Waals surface area (Å²) in [5.74, 6) is 0.894. The Balaban J connectivity index is 2.20. The van der Waals surface area contributed by atoms with Crippen LogP contribution in [-0.4, -0.2) is 52.0 Å². The van der Waals surface area contributed by atoms with Crippen molar-refractivity contribution in [1.29, 1.82) is 0 Å². The van der Waals surface area contributed by atoms with Crippen molar-refractivity contribution in [3.8, 4) is 0 Å². The van der Waals surface area contributed by atoms with Gasteiger partial charge in [-0.25, -0.2) is 0 Å². The Kier molecular flexibility index (Phi) is 6.20. The molecular formula is C16H24N2O3. The van der Waals surface area contributed by atoms with Crippen molar-refractivity contribution in [2.75, 3.05) is 47.1 Å². The first-order chi connectivity index (χ1) is 10.3. The summed E-state index contributed by atoms with van der Waals surface area (Å²) in [6.07, 6.45) is 0. The van der Waals surface area contributed by atoms with Gasteiger partial charge in [0.2, 0.25) is 0 Å². The first-order valence-corrected chi connectivity index (χ1v) is 7.20. The van der Waals surface area contributed by atoms with Crippen LogP contribution in [0.3, 0.4) is 0 Å². The molecule has 0 bridgehead atoms. The molecule has 0 spiro atoms. The van der Waals surface area contributed by atoms with Crippen LogP contribution in [0.5, 0.6) is 0 Å². The third-order valence-electron chi connectivity index (χ3n) is 3.60. The summed E-state index contributed by atoms with van der Waals surface area (Å²) >= 11 is 0.